The molecule has 2 aliphatic rings. The smallest absolute Gasteiger partial charge is 0.351 e. The minimum Gasteiger partial charge on any atom is -0.388 e. The van der Waals surface area contributed by atoms with E-state index in [4.69, 9.17) is 19.9 Å². The second-order valence-corrected chi connectivity index (χ2v) is 7.58. The maximum Gasteiger partial charge on any atom is 0.351 e. The Morgan fingerprint density at radius 1 is 1.16 bits per heavy atom. The normalized spacial score (nSPS) is 35.3. The number of nitrogens with zero attached hydrogens (tertiary/aromatic N) is 5. The first-order valence-electron chi connectivity index (χ1n) is 9.77. The Hall–Kier alpha value is -2.50. The van der Waals surface area contributed by atoms with E-state index in [2.05, 4.69) is 15.3 Å². The van der Waals surface area contributed by atoms with E-state index < -0.39 is 54.8 Å². The molecule has 2 saturated heterocycles. The molecule has 4 rings (SSSR count). The summed E-state index contributed by atoms with van der Waals surface area (Å²) in [7, 11) is 0. The molecule has 0 saturated carbocycles. The van der Waals surface area contributed by atoms with Crippen LogP contribution in [0.2, 0.25) is 0 Å². The van der Waals surface area contributed by atoms with Gasteiger partial charge in [0, 0.05) is 6.20 Å². The molecule has 0 radical (unpaired) electrons. The summed E-state index contributed by atoms with van der Waals surface area (Å²) < 4.78 is 18.6. The minimum absolute atomic E-state index is 0.00629. The molecular weight excluding hydrogens is 432 g/mol. The van der Waals surface area contributed by atoms with Crippen LogP contribution >= 0.6 is 0 Å². The van der Waals surface area contributed by atoms with Crippen molar-refractivity contribution in [2.24, 2.45) is 0 Å². The highest BCUT2D eigenvalue weighted by Crippen LogP contribution is 2.29. The van der Waals surface area contributed by atoms with E-state index >= 15 is 0 Å². The zero-order valence-corrected chi connectivity index (χ0v) is 16.7. The fourth-order valence-corrected chi connectivity index (χ4v) is 3.50. The lowest BCUT2D eigenvalue weighted by Gasteiger charge is -2.34. The molecule has 0 unspecified atom stereocenters. The number of aliphatic hydroxyl groups excluding tert-OH is 5. The van der Waals surface area contributed by atoms with E-state index in [-0.39, 0.29) is 25.6 Å². The average molecular weight is 456 g/mol. The number of hydrogen-bond donors (Lipinski definition) is 6. The molecule has 32 heavy (non-hydrogen) atoms. The van der Waals surface area contributed by atoms with E-state index in [0.717, 1.165) is 4.57 Å². The molecule has 8 atom stereocenters. The molecule has 0 spiro atoms. The van der Waals surface area contributed by atoms with Crippen LogP contribution in [-0.4, -0.2) is 99.6 Å². The first kappa shape index (κ1) is 22.7. The Morgan fingerprint density at radius 2 is 1.94 bits per heavy atom. The molecule has 0 aliphatic carbocycles. The van der Waals surface area contributed by atoms with Gasteiger partial charge in [-0.2, -0.15) is 4.98 Å². The largest absolute Gasteiger partial charge is 0.388 e. The van der Waals surface area contributed by atoms with E-state index in [1.807, 2.05) is 0 Å². The van der Waals surface area contributed by atoms with Gasteiger partial charge < -0.3 is 45.5 Å². The number of aromatic nitrogens is 5. The van der Waals surface area contributed by atoms with Crippen molar-refractivity contribution in [1.29, 1.82) is 0 Å². The lowest BCUT2D eigenvalue weighted by molar-refractivity contribution is -0.273. The van der Waals surface area contributed by atoms with Crippen LogP contribution in [0.25, 0.3) is 0 Å². The summed E-state index contributed by atoms with van der Waals surface area (Å²) in [6.45, 7) is -0.300. The van der Waals surface area contributed by atoms with Crippen molar-refractivity contribution < 1.29 is 39.7 Å². The van der Waals surface area contributed by atoms with Gasteiger partial charge in [-0.1, -0.05) is 5.21 Å². The van der Waals surface area contributed by atoms with Crippen molar-refractivity contribution in [1.82, 2.24) is 24.5 Å². The molecule has 7 N–H and O–H groups in total. The first-order chi connectivity index (χ1) is 15.2. The summed E-state index contributed by atoms with van der Waals surface area (Å²) in [6, 6.07) is 1.37. The lowest BCUT2D eigenvalue weighted by Crippen LogP contribution is -2.53. The highest BCUT2D eigenvalue weighted by atomic mass is 16.7. The Labute approximate surface area is 180 Å². The maximum absolute atomic E-state index is 12.0. The quantitative estimate of drug-likeness (QED) is 0.242. The summed E-state index contributed by atoms with van der Waals surface area (Å²) in [5, 5.41) is 57.5. The van der Waals surface area contributed by atoms with Gasteiger partial charge in [-0.05, 0) is 6.07 Å². The highest BCUT2D eigenvalue weighted by Gasteiger charge is 2.44. The summed E-state index contributed by atoms with van der Waals surface area (Å²) in [6.07, 6.45) is -7.14. The van der Waals surface area contributed by atoms with Crippen LogP contribution in [0.1, 0.15) is 11.9 Å². The van der Waals surface area contributed by atoms with Crippen molar-refractivity contribution >= 4 is 5.82 Å². The van der Waals surface area contributed by atoms with Gasteiger partial charge in [0.1, 0.15) is 48.1 Å². The average Bonchev–Trinajstić information content (AvgIpc) is 3.31. The Bertz CT molecular complexity index is 985. The molecule has 0 bridgehead atoms. The molecule has 2 aliphatic heterocycles. The highest BCUT2D eigenvalue weighted by molar-refractivity contribution is 5.23. The molecule has 176 valence electrons. The first-order valence-corrected chi connectivity index (χ1v) is 9.77. The van der Waals surface area contributed by atoms with Crippen molar-refractivity contribution in [2.45, 2.75) is 62.3 Å². The zero-order chi connectivity index (χ0) is 23.0. The number of aliphatic hydroxyl groups is 5. The number of nitrogen functional groups attached to an aromatic ring is 1. The van der Waals surface area contributed by atoms with Crippen LogP contribution < -0.4 is 11.4 Å². The van der Waals surface area contributed by atoms with Gasteiger partial charge in [0.15, 0.2) is 12.5 Å². The van der Waals surface area contributed by atoms with Crippen molar-refractivity contribution in [3.05, 3.63) is 34.6 Å². The van der Waals surface area contributed by atoms with Gasteiger partial charge >= 0.3 is 5.69 Å². The maximum atomic E-state index is 12.0. The van der Waals surface area contributed by atoms with Crippen LogP contribution in [0.15, 0.2) is 23.3 Å². The summed E-state index contributed by atoms with van der Waals surface area (Å²) >= 11 is 0. The number of ether oxygens (including phenoxy) is 3. The van der Waals surface area contributed by atoms with E-state index in [1.165, 1.54) is 23.1 Å². The predicted molar refractivity (Wildman–Crippen MR) is 101 cm³/mol. The van der Waals surface area contributed by atoms with E-state index in [0.29, 0.717) is 5.69 Å². The molecular formula is C17H24N6O9. The Morgan fingerprint density at radius 3 is 2.69 bits per heavy atom. The van der Waals surface area contributed by atoms with E-state index in [9.17, 15) is 30.3 Å². The van der Waals surface area contributed by atoms with Gasteiger partial charge in [-0.3, -0.25) is 4.57 Å². The fourth-order valence-electron chi connectivity index (χ4n) is 3.50. The second kappa shape index (κ2) is 9.16. The monoisotopic (exact) mass is 456 g/mol. The van der Waals surface area contributed by atoms with Crippen LogP contribution in [0.4, 0.5) is 5.82 Å². The van der Waals surface area contributed by atoms with Gasteiger partial charge in [-0.25, -0.2) is 9.48 Å². The van der Waals surface area contributed by atoms with Gasteiger partial charge in [-0.15, -0.1) is 5.10 Å². The Kier molecular flexibility index (Phi) is 6.50. The second-order valence-electron chi connectivity index (χ2n) is 7.58. The predicted octanol–water partition coefficient (Wildman–Crippen LogP) is -4.31. The van der Waals surface area contributed by atoms with Crippen LogP contribution in [0.3, 0.4) is 0 Å². The van der Waals surface area contributed by atoms with Crippen LogP contribution in [0, 0.1) is 0 Å². The molecule has 4 heterocycles. The van der Waals surface area contributed by atoms with Gasteiger partial charge in [0.25, 0.3) is 0 Å². The Balaban J connectivity index is 1.35. The van der Waals surface area contributed by atoms with Crippen molar-refractivity contribution in [2.75, 3.05) is 12.3 Å². The number of hydrogen-bond acceptors (Lipinski definition) is 13. The standard InChI is InChI=1S/C17H24N6O9/c18-10-1-2-23(17(29)19-10)15-13(27)12(26)9(32-15)4-22-3-7(20-21-22)5-30-16-14(28)11(25)8(24)6-31-16/h1-3,8-9,11-16,24-28H,4-6H2,(H2,18,19,29)/t8-,9+,11-,12+,13+,14+,15+,16-/m0/s1. The molecule has 15 nitrogen and oxygen atoms in total. The molecule has 15 heteroatoms. The molecule has 2 fully saturated rings. The molecule has 2 aromatic rings. The molecule has 0 aromatic carbocycles. The van der Waals surface area contributed by atoms with Gasteiger partial charge in [0.05, 0.1) is 26.0 Å². The SMILES string of the molecule is Nc1ccn([C@@H]2O[C@H](Cn3cc(CO[C@H]4OC[C@H](O)[C@H](O)[C@H]4O)nn3)[C@@H](O)[C@H]2O)c(=O)n1. The van der Waals surface area contributed by atoms with Gasteiger partial charge in [0.2, 0.25) is 0 Å². The third kappa shape index (κ3) is 4.50. The zero-order valence-electron chi connectivity index (χ0n) is 16.7. The van der Waals surface area contributed by atoms with Crippen molar-refractivity contribution in [3.63, 3.8) is 0 Å². The third-order valence-corrected chi connectivity index (χ3v) is 5.27. The number of nitrogens with two attached hydrogens (primary N) is 1. The number of rotatable bonds is 6. The molecule has 0 amide bonds. The topological polar surface area (TPSA) is 220 Å². The summed E-state index contributed by atoms with van der Waals surface area (Å²) in [5.74, 6) is 0.0185. The lowest BCUT2D eigenvalue weighted by atomic mass is 10.1. The third-order valence-electron chi connectivity index (χ3n) is 5.27. The minimum atomic E-state index is -1.43. The van der Waals surface area contributed by atoms with Crippen molar-refractivity contribution in [3.8, 4) is 0 Å². The molecule has 2 aromatic heterocycles. The van der Waals surface area contributed by atoms with Crippen LogP contribution in [-0.2, 0) is 27.4 Å². The summed E-state index contributed by atoms with van der Waals surface area (Å²) in [5.41, 5.74) is 5.08. The van der Waals surface area contributed by atoms with Crippen LogP contribution in [0.5, 0.6) is 0 Å². The number of anilines is 1. The fraction of sp³-hybridized carbons (Fsp3) is 0.647. The van der Waals surface area contributed by atoms with E-state index in [1.54, 1.807) is 0 Å². The summed E-state index contributed by atoms with van der Waals surface area (Å²) in [4.78, 5) is 15.6.